The Morgan fingerprint density at radius 3 is 2.62 bits per heavy atom. The van der Waals surface area contributed by atoms with Gasteiger partial charge in [0.05, 0.1) is 12.2 Å². The molecule has 2 fully saturated rings. The van der Waals surface area contributed by atoms with Crippen molar-refractivity contribution in [3.8, 4) is 0 Å². The first-order valence-corrected chi connectivity index (χ1v) is 8.96. The Bertz CT molecular complexity index is 780. The van der Waals surface area contributed by atoms with Crippen LogP contribution in [0.1, 0.15) is 34.9 Å². The first kappa shape index (κ1) is 16.6. The number of nitrogens with zero attached hydrogens (tertiary/aromatic N) is 4. The predicted molar refractivity (Wildman–Crippen MR) is 94.4 cm³/mol. The fraction of sp³-hybridized carbons (Fsp3) is 0.444. The number of likely N-dealkylation sites (tertiary alicyclic amines) is 1. The minimum atomic E-state index is -0.181. The molecule has 2 aromatic rings. The standard InChI is InChI=1S/C18H22N6O2/c25-17(19-8-14-6-7-14)16-12-24(22-21-16)15-10-23(11-15)18(26)20-9-13-4-2-1-3-5-13/h1-5,12,14-15H,6-11H2,(H,19,25)(H,20,26). The van der Waals surface area contributed by atoms with E-state index in [1.54, 1.807) is 15.8 Å². The quantitative estimate of drug-likeness (QED) is 0.815. The van der Waals surface area contributed by atoms with Crippen LogP contribution in [0.25, 0.3) is 0 Å². The van der Waals surface area contributed by atoms with Crippen LogP contribution in [0.2, 0.25) is 0 Å². The normalized spacial score (nSPS) is 16.8. The molecule has 0 bridgehead atoms. The first-order valence-electron chi connectivity index (χ1n) is 8.96. The summed E-state index contributed by atoms with van der Waals surface area (Å²) >= 11 is 0. The predicted octanol–water partition coefficient (Wildman–Crippen LogP) is 1.18. The fourth-order valence-corrected chi connectivity index (χ4v) is 2.88. The van der Waals surface area contributed by atoms with Gasteiger partial charge in [-0.25, -0.2) is 9.48 Å². The van der Waals surface area contributed by atoms with Crippen LogP contribution in [0, 0.1) is 5.92 Å². The molecule has 2 heterocycles. The lowest BCUT2D eigenvalue weighted by Gasteiger charge is -2.38. The molecule has 136 valence electrons. The highest BCUT2D eigenvalue weighted by atomic mass is 16.2. The van der Waals surface area contributed by atoms with Gasteiger partial charge >= 0.3 is 6.03 Å². The summed E-state index contributed by atoms with van der Waals surface area (Å²) in [6.07, 6.45) is 4.04. The van der Waals surface area contributed by atoms with Crippen molar-refractivity contribution in [1.82, 2.24) is 30.5 Å². The van der Waals surface area contributed by atoms with Gasteiger partial charge in [0.1, 0.15) is 0 Å². The Morgan fingerprint density at radius 2 is 1.88 bits per heavy atom. The third-order valence-corrected chi connectivity index (χ3v) is 4.80. The van der Waals surface area contributed by atoms with Crippen molar-refractivity contribution in [2.75, 3.05) is 19.6 Å². The molecule has 0 unspecified atom stereocenters. The van der Waals surface area contributed by atoms with E-state index in [0.717, 1.165) is 5.56 Å². The van der Waals surface area contributed by atoms with E-state index in [1.807, 2.05) is 30.3 Å². The summed E-state index contributed by atoms with van der Waals surface area (Å²) in [5.41, 5.74) is 1.40. The van der Waals surface area contributed by atoms with E-state index in [0.29, 0.717) is 37.8 Å². The van der Waals surface area contributed by atoms with E-state index in [9.17, 15) is 9.59 Å². The molecular formula is C18H22N6O2. The molecule has 8 heteroatoms. The maximum absolute atomic E-state index is 12.1. The van der Waals surface area contributed by atoms with Gasteiger partial charge in [0.2, 0.25) is 0 Å². The third-order valence-electron chi connectivity index (χ3n) is 4.80. The van der Waals surface area contributed by atoms with Crippen molar-refractivity contribution in [2.24, 2.45) is 5.92 Å². The molecule has 1 aromatic heterocycles. The zero-order valence-corrected chi connectivity index (χ0v) is 14.5. The maximum Gasteiger partial charge on any atom is 0.317 e. The Balaban J connectivity index is 1.22. The van der Waals surface area contributed by atoms with E-state index in [-0.39, 0.29) is 18.0 Å². The number of rotatable bonds is 6. The molecule has 4 rings (SSSR count). The lowest BCUT2D eigenvalue weighted by molar-refractivity contribution is 0.0946. The van der Waals surface area contributed by atoms with E-state index >= 15 is 0 Å². The van der Waals surface area contributed by atoms with Crippen molar-refractivity contribution < 1.29 is 9.59 Å². The monoisotopic (exact) mass is 354 g/mol. The molecule has 0 spiro atoms. The Morgan fingerprint density at radius 1 is 1.12 bits per heavy atom. The second-order valence-electron chi connectivity index (χ2n) is 6.94. The van der Waals surface area contributed by atoms with Crippen molar-refractivity contribution in [3.63, 3.8) is 0 Å². The van der Waals surface area contributed by atoms with E-state index in [1.165, 1.54) is 12.8 Å². The summed E-state index contributed by atoms with van der Waals surface area (Å²) in [6, 6.07) is 9.77. The lowest BCUT2D eigenvalue weighted by atomic mass is 10.1. The van der Waals surface area contributed by atoms with Gasteiger partial charge < -0.3 is 15.5 Å². The van der Waals surface area contributed by atoms with E-state index in [4.69, 9.17) is 0 Å². The van der Waals surface area contributed by atoms with Crippen molar-refractivity contribution in [2.45, 2.75) is 25.4 Å². The summed E-state index contributed by atoms with van der Waals surface area (Å²) in [7, 11) is 0. The molecule has 0 radical (unpaired) electrons. The molecule has 8 nitrogen and oxygen atoms in total. The Labute approximate surface area is 151 Å². The highest BCUT2D eigenvalue weighted by Gasteiger charge is 2.33. The highest BCUT2D eigenvalue weighted by molar-refractivity contribution is 5.91. The summed E-state index contributed by atoms with van der Waals surface area (Å²) in [6.45, 7) is 2.35. The number of urea groups is 1. The van der Waals surface area contributed by atoms with Crippen molar-refractivity contribution >= 4 is 11.9 Å². The number of hydrogen-bond donors (Lipinski definition) is 2. The third kappa shape index (κ3) is 3.84. The minimum Gasteiger partial charge on any atom is -0.350 e. The number of amides is 3. The van der Waals surface area contributed by atoms with Gasteiger partial charge in [0.15, 0.2) is 5.69 Å². The zero-order chi connectivity index (χ0) is 17.9. The molecule has 1 aliphatic carbocycles. The lowest BCUT2D eigenvalue weighted by Crippen LogP contribution is -2.54. The van der Waals surface area contributed by atoms with Crippen LogP contribution in [0.5, 0.6) is 0 Å². The first-order chi connectivity index (χ1) is 12.7. The number of hydrogen-bond acceptors (Lipinski definition) is 4. The number of carbonyl (C=O) groups excluding carboxylic acids is 2. The molecule has 2 N–H and O–H groups in total. The average Bonchev–Trinajstić information content (AvgIpc) is 3.33. The van der Waals surface area contributed by atoms with Crippen LogP contribution in [0.15, 0.2) is 36.5 Å². The number of carbonyl (C=O) groups is 2. The summed E-state index contributed by atoms with van der Waals surface area (Å²) in [5.74, 6) is 0.448. The second kappa shape index (κ2) is 7.15. The SMILES string of the molecule is O=C(NCC1CC1)c1cn(C2CN(C(=O)NCc3ccccc3)C2)nn1. The van der Waals surface area contributed by atoms with Crippen LogP contribution >= 0.6 is 0 Å². The molecule has 1 aromatic carbocycles. The van der Waals surface area contributed by atoms with Crippen LogP contribution in [-0.2, 0) is 6.54 Å². The Kier molecular flexibility index (Phi) is 4.55. The topological polar surface area (TPSA) is 92.2 Å². The number of aromatic nitrogens is 3. The van der Waals surface area contributed by atoms with E-state index < -0.39 is 0 Å². The van der Waals surface area contributed by atoms with Gasteiger partial charge in [-0.2, -0.15) is 0 Å². The molecule has 26 heavy (non-hydrogen) atoms. The zero-order valence-electron chi connectivity index (χ0n) is 14.5. The van der Waals surface area contributed by atoms with Gasteiger partial charge in [0.25, 0.3) is 5.91 Å². The summed E-state index contributed by atoms with van der Waals surface area (Å²) in [4.78, 5) is 25.9. The van der Waals surface area contributed by atoms with Crippen LogP contribution < -0.4 is 10.6 Å². The van der Waals surface area contributed by atoms with Gasteiger partial charge in [-0.3, -0.25) is 4.79 Å². The highest BCUT2D eigenvalue weighted by Crippen LogP contribution is 2.27. The largest absolute Gasteiger partial charge is 0.350 e. The molecule has 3 amide bonds. The summed E-state index contributed by atoms with van der Waals surface area (Å²) in [5, 5.41) is 13.8. The number of benzene rings is 1. The van der Waals surface area contributed by atoms with Gasteiger partial charge in [-0.1, -0.05) is 35.5 Å². The van der Waals surface area contributed by atoms with Gasteiger partial charge in [0, 0.05) is 26.2 Å². The molecule has 1 saturated heterocycles. The fourth-order valence-electron chi connectivity index (χ4n) is 2.88. The van der Waals surface area contributed by atoms with E-state index in [2.05, 4.69) is 20.9 Å². The molecule has 0 atom stereocenters. The Hall–Kier alpha value is -2.90. The van der Waals surface area contributed by atoms with Crippen molar-refractivity contribution in [1.29, 1.82) is 0 Å². The number of nitrogens with one attached hydrogen (secondary N) is 2. The van der Waals surface area contributed by atoms with Crippen LogP contribution in [0.4, 0.5) is 4.79 Å². The summed E-state index contributed by atoms with van der Waals surface area (Å²) < 4.78 is 1.67. The molecular weight excluding hydrogens is 332 g/mol. The molecule has 2 aliphatic rings. The second-order valence-corrected chi connectivity index (χ2v) is 6.94. The molecule has 1 aliphatic heterocycles. The molecule has 1 saturated carbocycles. The minimum absolute atomic E-state index is 0.0648. The van der Waals surface area contributed by atoms with Gasteiger partial charge in [-0.05, 0) is 24.3 Å². The van der Waals surface area contributed by atoms with Gasteiger partial charge in [-0.15, -0.1) is 5.10 Å². The maximum atomic E-state index is 12.1. The average molecular weight is 354 g/mol. The smallest absolute Gasteiger partial charge is 0.317 e. The van der Waals surface area contributed by atoms with Crippen LogP contribution in [-0.4, -0.2) is 51.5 Å². The van der Waals surface area contributed by atoms with Crippen molar-refractivity contribution in [3.05, 3.63) is 47.8 Å². The van der Waals surface area contributed by atoms with Crippen LogP contribution in [0.3, 0.4) is 0 Å².